The van der Waals surface area contributed by atoms with Crippen LogP contribution in [0.3, 0.4) is 0 Å². The first kappa shape index (κ1) is 14.8. The van der Waals surface area contributed by atoms with E-state index in [0.29, 0.717) is 0 Å². The van der Waals surface area contributed by atoms with Crippen LogP contribution >= 0.6 is 0 Å². The highest BCUT2D eigenvalue weighted by Crippen LogP contribution is 2.32. The van der Waals surface area contributed by atoms with Gasteiger partial charge in [0.05, 0.1) is 13.2 Å². The van der Waals surface area contributed by atoms with E-state index >= 15 is 0 Å². The van der Waals surface area contributed by atoms with Crippen LogP contribution in [-0.4, -0.2) is 38.4 Å². The molecule has 2 unspecified atom stereocenters. The molecule has 110 valence electrons. The van der Waals surface area contributed by atoms with Crippen molar-refractivity contribution in [2.75, 3.05) is 20.8 Å². The van der Waals surface area contributed by atoms with Gasteiger partial charge in [-0.25, -0.2) is 0 Å². The molecular formula is C15H27NO3. The van der Waals surface area contributed by atoms with Gasteiger partial charge >= 0.3 is 5.97 Å². The molecule has 2 aliphatic carbocycles. The Kier molecular flexibility index (Phi) is 5.22. The molecule has 0 aromatic rings. The van der Waals surface area contributed by atoms with Crippen molar-refractivity contribution in [3.05, 3.63) is 0 Å². The van der Waals surface area contributed by atoms with E-state index in [1.807, 2.05) is 7.05 Å². The van der Waals surface area contributed by atoms with Gasteiger partial charge in [-0.05, 0) is 45.1 Å². The molecule has 2 rings (SSSR count). The minimum atomic E-state index is -0.534. The van der Waals surface area contributed by atoms with Crippen molar-refractivity contribution in [2.45, 2.75) is 63.0 Å². The highest BCUT2D eigenvalue weighted by atomic mass is 16.5. The Balaban J connectivity index is 1.86. The molecule has 0 radical (unpaired) electrons. The van der Waals surface area contributed by atoms with Gasteiger partial charge in [-0.15, -0.1) is 0 Å². The number of methoxy groups -OCH3 is 1. The molecule has 19 heavy (non-hydrogen) atoms. The maximum Gasteiger partial charge on any atom is 0.326 e. The van der Waals surface area contributed by atoms with Gasteiger partial charge in [-0.1, -0.05) is 12.8 Å². The highest BCUT2D eigenvalue weighted by Gasteiger charge is 2.43. The van der Waals surface area contributed by atoms with E-state index in [1.54, 1.807) is 0 Å². The van der Waals surface area contributed by atoms with E-state index in [9.17, 15) is 4.79 Å². The van der Waals surface area contributed by atoms with E-state index in [2.05, 4.69) is 5.32 Å². The van der Waals surface area contributed by atoms with Gasteiger partial charge < -0.3 is 14.8 Å². The number of ether oxygens (including phenoxy) is 2. The lowest BCUT2D eigenvalue weighted by Crippen LogP contribution is -2.55. The number of hydrogen-bond acceptors (Lipinski definition) is 4. The Bertz CT molecular complexity index is 302. The fourth-order valence-corrected chi connectivity index (χ4v) is 3.53. The molecule has 0 spiro atoms. The fourth-order valence-electron chi connectivity index (χ4n) is 3.53. The van der Waals surface area contributed by atoms with Gasteiger partial charge in [-0.3, -0.25) is 4.79 Å². The fraction of sp³-hybridized carbons (Fsp3) is 0.933. The molecule has 0 aromatic carbocycles. The third-order valence-electron chi connectivity index (χ3n) is 4.80. The van der Waals surface area contributed by atoms with Crippen molar-refractivity contribution in [3.63, 3.8) is 0 Å². The molecule has 0 saturated heterocycles. The average Bonchev–Trinajstić information content (AvgIpc) is 2.97. The minimum Gasteiger partial charge on any atom is -0.468 e. The number of carbonyl (C=O) groups is 1. The van der Waals surface area contributed by atoms with Gasteiger partial charge in [-0.2, -0.15) is 0 Å². The summed E-state index contributed by atoms with van der Waals surface area (Å²) in [5.41, 5.74) is -0.534. The predicted molar refractivity (Wildman–Crippen MR) is 74.0 cm³/mol. The number of nitrogens with one attached hydrogen (secondary N) is 1. The summed E-state index contributed by atoms with van der Waals surface area (Å²) in [5, 5.41) is 3.17. The van der Waals surface area contributed by atoms with Crippen LogP contribution in [0.4, 0.5) is 0 Å². The first-order valence-electron chi connectivity index (χ1n) is 7.59. The Labute approximate surface area is 116 Å². The first-order chi connectivity index (χ1) is 9.20. The Morgan fingerprint density at radius 1 is 1.26 bits per heavy atom. The second-order valence-corrected chi connectivity index (χ2v) is 6.03. The summed E-state index contributed by atoms with van der Waals surface area (Å²) >= 11 is 0. The van der Waals surface area contributed by atoms with Crippen molar-refractivity contribution in [2.24, 2.45) is 5.92 Å². The van der Waals surface area contributed by atoms with Crippen molar-refractivity contribution >= 4 is 5.97 Å². The third-order valence-corrected chi connectivity index (χ3v) is 4.80. The molecule has 2 aliphatic rings. The lowest BCUT2D eigenvalue weighted by atomic mass is 9.80. The largest absolute Gasteiger partial charge is 0.468 e. The molecular weight excluding hydrogens is 242 g/mol. The van der Waals surface area contributed by atoms with Crippen molar-refractivity contribution in [1.82, 2.24) is 5.32 Å². The Morgan fingerprint density at radius 2 is 2.00 bits per heavy atom. The van der Waals surface area contributed by atoms with Crippen LogP contribution < -0.4 is 5.32 Å². The van der Waals surface area contributed by atoms with Crippen LogP contribution in [0, 0.1) is 5.92 Å². The molecule has 1 N–H and O–H groups in total. The van der Waals surface area contributed by atoms with Crippen LogP contribution in [0.2, 0.25) is 0 Å². The molecule has 4 heteroatoms. The Hall–Kier alpha value is -0.610. The quantitative estimate of drug-likeness (QED) is 0.778. The summed E-state index contributed by atoms with van der Waals surface area (Å²) < 4.78 is 11.0. The van der Waals surface area contributed by atoms with Crippen LogP contribution in [0.1, 0.15) is 51.4 Å². The topological polar surface area (TPSA) is 47.6 Å². The first-order valence-corrected chi connectivity index (χ1v) is 7.59. The monoisotopic (exact) mass is 269 g/mol. The zero-order valence-electron chi connectivity index (χ0n) is 12.2. The predicted octanol–water partition coefficient (Wildman–Crippen LogP) is 2.27. The molecule has 0 bridgehead atoms. The molecule has 0 aromatic heterocycles. The van der Waals surface area contributed by atoms with E-state index in [1.165, 1.54) is 32.8 Å². The second kappa shape index (κ2) is 6.71. The van der Waals surface area contributed by atoms with E-state index in [0.717, 1.165) is 38.2 Å². The lowest BCUT2D eigenvalue weighted by Gasteiger charge is -2.38. The molecule has 2 fully saturated rings. The number of esters is 1. The lowest BCUT2D eigenvalue weighted by molar-refractivity contribution is -0.152. The second-order valence-electron chi connectivity index (χ2n) is 6.03. The number of likely N-dealkylation sites (N-methyl/N-ethyl adjacent to an activating group) is 1. The zero-order chi connectivity index (χ0) is 13.7. The average molecular weight is 269 g/mol. The molecule has 2 saturated carbocycles. The van der Waals surface area contributed by atoms with Crippen LogP contribution in [-0.2, 0) is 14.3 Å². The summed E-state index contributed by atoms with van der Waals surface area (Å²) in [4.78, 5) is 12.0. The van der Waals surface area contributed by atoms with Crippen LogP contribution in [0.5, 0.6) is 0 Å². The highest BCUT2D eigenvalue weighted by molar-refractivity contribution is 5.80. The standard InChI is InChI=1S/C15H27NO3/c1-16-15(14(17)18-2)9-5-8-13(10-15)19-11-12-6-3-4-7-12/h12-13,16H,3-11H2,1-2H3. The minimum absolute atomic E-state index is 0.149. The molecule has 0 heterocycles. The Morgan fingerprint density at radius 3 is 2.63 bits per heavy atom. The van der Waals surface area contributed by atoms with Gasteiger partial charge in [0.1, 0.15) is 5.54 Å². The van der Waals surface area contributed by atoms with Gasteiger partial charge in [0.25, 0.3) is 0 Å². The number of carbonyl (C=O) groups excluding carboxylic acids is 1. The molecule has 0 amide bonds. The van der Waals surface area contributed by atoms with Crippen LogP contribution in [0.25, 0.3) is 0 Å². The summed E-state index contributed by atoms with van der Waals surface area (Å²) in [5.74, 6) is 0.591. The van der Waals surface area contributed by atoms with E-state index in [4.69, 9.17) is 9.47 Å². The van der Waals surface area contributed by atoms with Crippen molar-refractivity contribution in [1.29, 1.82) is 0 Å². The van der Waals surface area contributed by atoms with Crippen LogP contribution in [0.15, 0.2) is 0 Å². The molecule has 4 nitrogen and oxygen atoms in total. The normalized spacial score (nSPS) is 32.4. The van der Waals surface area contributed by atoms with E-state index < -0.39 is 5.54 Å². The van der Waals surface area contributed by atoms with Crippen molar-refractivity contribution in [3.8, 4) is 0 Å². The maximum atomic E-state index is 12.0. The molecule has 0 aliphatic heterocycles. The van der Waals surface area contributed by atoms with E-state index in [-0.39, 0.29) is 12.1 Å². The third kappa shape index (κ3) is 3.48. The summed E-state index contributed by atoms with van der Waals surface area (Å²) in [6, 6.07) is 0. The smallest absolute Gasteiger partial charge is 0.326 e. The summed E-state index contributed by atoms with van der Waals surface area (Å²) in [7, 11) is 3.31. The van der Waals surface area contributed by atoms with Gasteiger partial charge in [0.2, 0.25) is 0 Å². The molecule has 2 atom stereocenters. The van der Waals surface area contributed by atoms with Crippen molar-refractivity contribution < 1.29 is 14.3 Å². The number of hydrogen-bond donors (Lipinski definition) is 1. The summed E-state index contributed by atoms with van der Waals surface area (Å²) in [6.07, 6.45) is 9.17. The zero-order valence-corrected chi connectivity index (χ0v) is 12.2. The SMILES string of the molecule is CNC1(C(=O)OC)CCCC(OCC2CCCC2)C1. The number of rotatable bonds is 5. The van der Waals surface area contributed by atoms with Gasteiger partial charge in [0.15, 0.2) is 0 Å². The maximum absolute atomic E-state index is 12.0. The summed E-state index contributed by atoms with van der Waals surface area (Å²) in [6.45, 7) is 0.867. The van der Waals surface area contributed by atoms with Gasteiger partial charge in [0, 0.05) is 13.0 Å².